The van der Waals surface area contributed by atoms with E-state index in [4.69, 9.17) is 0 Å². The molecule has 0 amide bonds. The highest BCUT2D eigenvalue weighted by atomic mass is 32.2. The molecule has 0 aliphatic carbocycles. The van der Waals surface area contributed by atoms with Gasteiger partial charge >= 0.3 is 0 Å². The van der Waals surface area contributed by atoms with Crippen molar-refractivity contribution in [3.05, 3.63) is 11.3 Å². The average molecular weight is 315 g/mol. The molecule has 0 spiro atoms. The third-order valence-corrected chi connectivity index (χ3v) is 5.42. The van der Waals surface area contributed by atoms with E-state index in [2.05, 4.69) is 32.1 Å². The van der Waals surface area contributed by atoms with Crippen LogP contribution in [0.25, 0.3) is 0 Å². The second kappa shape index (κ2) is 6.87. The highest BCUT2D eigenvalue weighted by Crippen LogP contribution is 2.18. The van der Waals surface area contributed by atoms with Crippen molar-refractivity contribution in [1.82, 2.24) is 25.1 Å². The molecule has 0 bridgehead atoms. The number of nitrogens with zero attached hydrogens (tertiary/aromatic N) is 2. The number of hydrogen-bond donors (Lipinski definition) is 3. The zero-order valence-electron chi connectivity index (χ0n) is 12.9. The van der Waals surface area contributed by atoms with Crippen molar-refractivity contribution < 1.29 is 8.42 Å². The molecule has 2 heterocycles. The minimum absolute atomic E-state index is 0.111. The Kier molecular flexibility index (Phi) is 5.37. The first-order valence-electron chi connectivity index (χ1n) is 7.38. The zero-order valence-corrected chi connectivity index (χ0v) is 13.8. The Hall–Kier alpha value is -0.960. The van der Waals surface area contributed by atoms with Gasteiger partial charge in [-0.05, 0) is 39.4 Å². The number of aromatic amines is 1. The molecule has 0 radical (unpaired) electrons. The number of nitrogens with one attached hydrogen (secondary N) is 3. The van der Waals surface area contributed by atoms with Gasteiger partial charge in [0.05, 0.1) is 0 Å². The molecule has 21 heavy (non-hydrogen) atoms. The number of rotatable bonds is 7. The van der Waals surface area contributed by atoms with E-state index in [1.807, 2.05) is 6.92 Å². The minimum atomic E-state index is -3.55. The molecular weight excluding hydrogens is 290 g/mol. The number of sulfonamides is 1. The van der Waals surface area contributed by atoms with Crippen LogP contribution in [-0.4, -0.2) is 56.7 Å². The van der Waals surface area contributed by atoms with Crippen LogP contribution in [0.2, 0.25) is 0 Å². The highest BCUT2D eigenvalue weighted by molar-refractivity contribution is 7.89. The Morgan fingerprint density at radius 1 is 1.48 bits per heavy atom. The summed E-state index contributed by atoms with van der Waals surface area (Å²) in [5.41, 5.74) is 1.48. The molecule has 2 rings (SSSR count). The molecule has 1 saturated heterocycles. The largest absolute Gasteiger partial charge is 0.316 e. The summed E-state index contributed by atoms with van der Waals surface area (Å²) in [6.45, 7) is 7.94. The quantitative estimate of drug-likeness (QED) is 0.662. The predicted molar refractivity (Wildman–Crippen MR) is 81.5 cm³/mol. The van der Waals surface area contributed by atoms with Gasteiger partial charge in [0.25, 0.3) is 10.0 Å². The standard InChI is InChI=1S/C13H25N5O2S/c1-4-18-6-5-11(9-18)7-15-21(19,20)13-12(8-14-3)10(2)16-17-13/h11,14-15H,4-9H2,1-3H3,(H,16,17). The van der Waals surface area contributed by atoms with Crippen molar-refractivity contribution in [3.8, 4) is 0 Å². The average Bonchev–Trinajstić information content (AvgIpc) is 3.05. The molecule has 1 aliphatic rings. The molecular formula is C13H25N5O2S. The summed E-state index contributed by atoms with van der Waals surface area (Å²) >= 11 is 0. The fourth-order valence-corrected chi connectivity index (χ4v) is 4.01. The normalized spacial score (nSPS) is 20.2. The van der Waals surface area contributed by atoms with Gasteiger partial charge in [-0.2, -0.15) is 5.10 Å². The van der Waals surface area contributed by atoms with Gasteiger partial charge in [0.1, 0.15) is 0 Å². The van der Waals surface area contributed by atoms with Gasteiger partial charge in [-0.15, -0.1) is 0 Å². The lowest BCUT2D eigenvalue weighted by Gasteiger charge is -2.13. The topological polar surface area (TPSA) is 90.1 Å². The summed E-state index contributed by atoms with van der Waals surface area (Å²) < 4.78 is 27.5. The lowest BCUT2D eigenvalue weighted by molar-refractivity contribution is 0.342. The summed E-state index contributed by atoms with van der Waals surface area (Å²) in [6, 6.07) is 0. The molecule has 1 aliphatic heterocycles. The summed E-state index contributed by atoms with van der Waals surface area (Å²) in [7, 11) is -1.77. The SMILES string of the molecule is CCN1CCC(CNS(=O)(=O)c2n[nH]c(C)c2CNC)C1. The maximum absolute atomic E-state index is 12.4. The molecule has 1 aromatic heterocycles. The predicted octanol–water partition coefficient (Wildman–Crippen LogP) is 0.0576. The maximum atomic E-state index is 12.4. The van der Waals surface area contributed by atoms with Crippen LogP contribution in [0.5, 0.6) is 0 Å². The number of aromatic nitrogens is 2. The number of likely N-dealkylation sites (tertiary alicyclic amines) is 1. The molecule has 1 unspecified atom stereocenters. The van der Waals surface area contributed by atoms with E-state index in [-0.39, 0.29) is 5.03 Å². The lowest BCUT2D eigenvalue weighted by Crippen LogP contribution is -2.32. The molecule has 0 aromatic carbocycles. The number of aryl methyl sites for hydroxylation is 1. The second-order valence-corrected chi connectivity index (χ2v) is 7.24. The number of hydrogen-bond acceptors (Lipinski definition) is 5. The van der Waals surface area contributed by atoms with Crippen LogP contribution in [0.3, 0.4) is 0 Å². The second-order valence-electron chi connectivity index (χ2n) is 5.56. The van der Waals surface area contributed by atoms with Crippen LogP contribution >= 0.6 is 0 Å². The van der Waals surface area contributed by atoms with Crippen LogP contribution in [0.15, 0.2) is 5.03 Å². The van der Waals surface area contributed by atoms with Gasteiger partial charge < -0.3 is 10.2 Å². The highest BCUT2D eigenvalue weighted by Gasteiger charge is 2.26. The molecule has 1 aromatic rings. The molecule has 1 fully saturated rings. The van der Waals surface area contributed by atoms with E-state index < -0.39 is 10.0 Å². The van der Waals surface area contributed by atoms with Gasteiger partial charge in [0, 0.05) is 30.9 Å². The molecule has 1 atom stereocenters. The molecule has 7 nitrogen and oxygen atoms in total. The van der Waals surface area contributed by atoms with Crippen molar-refractivity contribution in [2.45, 2.75) is 31.8 Å². The van der Waals surface area contributed by atoms with E-state index >= 15 is 0 Å². The van der Waals surface area contributed by atoms with Gasteiger partial charge in [-0.25, -0.2) is 13.1 Å². The van der Waals surface area contributed by atoms with Gasteiger partial charge in [0.15, 0.2) is 5.03 Å². The summed E-state index contributed by atoms with van der Waals surface area (Å²) in [4.78, 5) is 2.34. The Balaban J connectivity index is 2.02. The maximum Gasteiger partial charge on any atom is 0.260 e. The van der Waals surface area contributed by atoms with Crippen molar-refractivity contribution in [2.75, 3.05) is 33.2 Å². The molecule has 120 valence electrons. The first-order chi connectivity index (χ1) is 9.97. The summed E-state index contributed by atoms with van der Waals surface area (Å²) in [6.07, 6.45) is 1.04. The first-order valence-corrected chi connectivity index (χ1v) is 8.86. The van der Waals surface area contributed by atoms with Crippen LogP contribution in [0.4, 0.5) is 0 Å². The lowest BCUT2D eigenvalue weighted by atomic mass is 10.1. The third kappa shape index (κ3) is 3.82. The molecule has 3 N–H and O–H groups in total. The monoisotopic (exact) mass is 315 g/mol. The number of H-pyrrole nitrogens is 1. The van der Waals surface area contributed by atoms with Crippen LogP contribution in [0.1, 0.15) is 24.6 Å². The molecule has 0 saturated carbocycles. The Labute approximate surface area is 126 Å². The third-order valence-electron chi connectivity index (χ3n) is 4.02. The fourth-order valence-electron chi connectivity index (χ4n) is 2.70. The van der Waals surface area contributed by atoms with Gasteiger partial charge in [0.2, 0.25) is 0 Å². The van der Waals surface area contributed by atoms with Gasteiger partial charge in [-0.3, -0.25) is 5.10 Å². The first kappa shape index (κ1) is 16.4. The summed E-state index contributed by atoms with van der Waals surface area (Å²) in [5, 5.41) is 9.80. The van der Waals surface area contributed by atoms with Crippen LogP contribution in [-0.2, 0) is 16.6 Å². The summed E-state index contributed by atoms with van der Waals surface area (Å²) in [5.74, 6) is 0.382. The van der Waals surface area contributed by atoms with Crippen molar-refractivity contribution in [2.24, 2.45) is 5.92 Å². The van der Waals surface area contributed by atoms with E-state index in [0.29, 0.717) is 24.6 Å². The van der Waals surface area contributed by atoms with Gasteiger partial charge in [-0.1, -0.05) is 6.92 Å². The minimum Gasteiger partial charge on any atom is -0.316 e. The van der Waals surface area contributed by atoms with E-state index in [0.717, 1.165) is 31.7 Å². The van der Waals surface area contributed by atoms with Crippen LogP contribution in [0, 0.1) is 12.8 Å². The van der Waals surface area contributed by atoms with Crippen molar-refractivity contribution >= 4 is 10.0 Å². The van der Waals surface area contributed by atoms with E-state index in [9.17, 15) is 8.42 Å². The van der Waals surface area contributed by atoms with Crippen LogP contribution < -0.4 is 10.0 Å². The van der Waals surface area contributed by atoms with E-state index in [1.54, 1.807) is 7.05 Å². The Bertz CT molecular complexity index is 569. The van der Waals surface area contributed by atoms with Crippen molar-refractivity contribution in [3.63, 3.8) is 0 Å². The Morgan fingerprint density at radius 2 is 2.24 bits per heavy atom. The smallest absolute Gasteiger partial charge is 0.260 e. The van der Waals surface area contributed by atoms with E-state index in [1.165, 1.54) is 0 Å². The fraction of sp³-hybridized carbons (Fsp3) is 0.769. The molecule has 8 heteroatoms. The Morgan fingerprint density at radius 3 is 2.86 bits per heavy atom. The van der Waals surface area contributed by atoms with Crippen molar-refractivity contribution in [1.29, 1.82) is 0 Å². The zero-order chi connectivity index (χ0) is 15.5.